The van der Waals surface area contributed by atoms with E-state index in [4.69, 9.17) is 0 Å². The predicted molar refractivity (Wildman–Crippen MR) is 119 cm³/mol. The van der Waals surface area contributed by atoms with Gasteiger partial charge in [-0.25, -0.2) is 4.98 Å². The lowest BCUT2D eigenvalue weighted by Gasteiger charge is -2.10. The number of aromatic nitrogens is 4. The normalized spacial score (nSPS) is 11.1. The van der Waals surface area contributed by atoms with Crippen LogP contribution in [0.3, 0.4) is 0 Å². The highest BCUT2D eigenvalue weighted by Crippen LogP contribution is 2.27. The van der Waals surface area contributed by atoms with Crippen LogP contribution in [0.5, 0.6) is 0 Å². The van der Waals surface area contributed by atoms with Crippen molar-refractivity contribution in [3.05, 3.63) is 81.1 Å². The van der Waals surface area contributed by atoms with Crippen LogP contribution in [0.1, 0.15) is 41.4 Å². The molecule has 0 aliphatic carbocycles. The summed E-state index contributed by atoms with van der Waals surface area (Å²) in [6.45, 7) is 5.86. The third-order valence-electron chi connectivity index (χ3n) is 4.55. The van der Waals surface area contributed by atoms with Gasteiger partial charge in [0.2, 0.25) is 5.95 Å². The van der Waals surface area contributed by atoms with Gasteiger partial charge in [0.15, 0.2) is 0 Å². The number of carbonyl (C=O) groups excluding carboxylic acids is 1. The van der Waals surface area contributed by atoms with Crippen molar-refractivity contribution in [2.24, 2.45) is 0 Å². The second-order valence-corrected chi connectivity index (χ2v) is 8.22. The molecule has 30 heavy (non-hydrogen) atoms. The third-order valence-corrected chi connectivity index (χ3v) is 5.44. The van der Waals surface area contributed by atoms with Gasteiger partial charge < -0.3 is 5.32 Å². The minimum absolute atomic E-state index is 0.0729. The Labute approximate surface area is 177 Å². The van der Waals surface area contributed by atoms with E-state index in [9.17, 15) is 9.59 Å². The van der Waals surface area contributed by atoms with E-state index in [0.29, 0.717) is 22.8 Å². The molecule has 1 amide bonds. The molecule has 0 radical (unpaired) electrons. The first-order chi connectivity index (χ1) is 14.4. The van der Waals surface area contributed by atoms with Crippen molar-refractivity contribution >= 4 is 23.1 Å². The highest BCUT2D eigenvalue weighted by molar-refractivity contribution is 7.13. The summed E-state index contributed by atoms with van der Waals surface area (Å²) < 4.78 is 1.47. The standard InChI is InChI=1S/C22H21N5O2S/c1-13(2)16-12-20(28)25-22(23-16)27-19(11-17(26-27)18-8-5-9-30-18)24-21(29)15-7-4-6-14(3)10-15/h4-13H,1-3H3,(H,24,29)(H,23,25,28). The number of thiophene rings is 1. The molecule has 0 saturated heterocycles. The molecule has 0 atom stereocenters. The molecule has 0 fully saturated rings. The van der Waals surface area contributed by atoms with E-state index >= 15 is 0 Å². The summed E-state index contributed by atoms with van der Waals surface area (Å²) in [5.41, 5.74) is 2.59. The van der Waals surface area contributed by atoms with Crippen LogP contribution in [0, 0.1) is 6.92 Å². The van der Waals surface area contributed by atoms with E-state index in [2.05, 4.69) is 20.4 Å². The molecule has 3 aromatic heterocycles. The lowest BCUT2D eigenvalue weighted by molar-refractivity contribution is 0.102. The van der Waals surface area contributed by atoms with Crippen molar-refractivity contribution in [2.75, 3.05) is 5.32 Å². The van der Waals surface area contributed by atoms with Gasteiger partial charge in [-0.15, -0.1) is 11.3 Å². The van der Waals surface area contributed by atoms with Gasteiger partial charge in [-0.3, -0.25) is 14.6 Å². The highest BCUT2D eigenvalue weighted by Gasteiger charge is 2.18. The zero-order chi connectivity index (χ0) is 21.3. The van der Waals surface area contributed by atoms with Gasteiger partial charge in [-0.1, -0.05) is 37.6 Å². The third kappa shape index (κ3) is 4.08. The Bertz CT molecular complexity index is 1250. The summed E-state index contributed by atoms with van der Waals surface area (Å²) >= 11 is 1.54. The number of nitrogens with one attached hydrogen (secondary N) is 2. The first kappa shape index (κ1) is 19.8. The van der Waals surface area contributed by atoms with E-state index in [0.717, 1.165) is 10.4 Å². The van der Waals surface area contributed by atoms with Crippen LogP contribution in [0.25, 0.3) is 16.5 Å². The first-order valence-electron chi connectivity index (χ1n) is 9.54. The van der Waals surface area contributed by atoms with Crippen molar-refractivity contribution in [3.63, 3.8) is 0 Å². The van der Waals surface area contributed by atoms with Crippen molar-refractivity contribution in [3.8, 4) is 16.5 Å². The molecule has 4 rings (SSSR count). The molecule has 0 aliphatic rings. The Kier molecular flexibility index (Phi) is 5.33. The summed E-state index contributed by atoms with van der Waals surface area (Å²) in [7, 11) is 0. The average molecular weight is 420 g/mol. The average Bonchev–Trinajstić information content (AvgIpc) is 3.37. The number of benzene rings is 1. The van der Waals surface area contributed by atoms with Gasteiger partial charge in [0, 0.05) is 17.7 Å². The second kappa shape index (κ2) is 8.08. The van der Waals surface area contributed by atoms with E-state index in [1.165, 1.54) is 10.7 Å². The number of aromatic amines is 1. The second-order valence-electron chi connectivity index (χ2n) is 7.28. The molecular formula is C22H21N5O2S. The fourth-order valence-corrected chi connectivity index (χ4v) is 3.69. The Morgan fingerprint density at radius 3 is 2.70 bits per heavy atom. The lowest BCUT2D eigenvalue weighted by Crippen LogP contribution is -2.19. The van der Waals surface area contributed by atoms with Crippen LogP contribution < -0.4 is 10.9 Å². The molecule has 3 heterocycles. The number of hydrogen-bond donors (Lipinski definition) is 2. The van der Waals surface area contributed by atoms with Crippen molar-refractivity contribution < 1.29 is 4.79 Å². The summed E-state index contributed by atoms with van der Waals surface area (Å²) in [6.07, 6.45) is 0. The molecule has 0 spiro atoms. The number of carbonyl (C=O) groups is 1. The Hall–Kier alpha value is -3.52. The molecule has 4 aromatic rings. The number of hydrogen-bond acceptors (Lipinski definition) is 5. The van der Waals surface area contributed by atoms with E-state index < -0.39 is 0 Å². The van der Waals surface area contributed by atoms with Crippen LogP contribution in [0.2, 0.25) is 0 Å². The maximum Gasteiger partial charge on any atom is 0.256 e. The van der Waals surface area contributed by atoms with Crippen molar-refractivity contribution in [2.45, 2.75) is 26.7 Å². The lowest BCUT2D eigenvalue weighted by atomic mass is 10.1. The molecule has 1 aromatic carbocycles. The largest absolute Gasteiger partial charge is 0.306 e. The van der Waals surface area contributed by atoms with E-state index in [-0.39, 0.29) is 23.3 Å². The Balaban J connectivity index is 1.80. The summed E-state index contributed by atoms with van der Waals surface area (Å²) in [6, 6.07) is 14.5. The molecule has 0 saturated carbocycles. The van der Waals surface area contributed by atoms with Gasteiger partial charge in [-0.2, -0.15) is 9.78 Å². The number of anilines is 1. The van der Waals surface area contributed by atoms with Crippen LogP contribution in [-0.2, 0) is 0 Å². The Morgan fingerprint density at radius 2 is 2.00 bits per heavy atom. The zero-order valence-electron chi connectivity index (χ0n) is 16.8. The molecule has 0 bridgehead atoms. The number of aryl methyl sites for hydroxylation is 1. The van der Waals surface area contributed by atoms with Crippen molar-refractivity contribution in [1.82, 2.24) is 19.7 Å². The highest BCUT2D eigenvalue weighted by atomic mass is 32.1. The molecular weight excluding hydrogens is 398 g/mol. The number of rotatable bonds is 5. The Morgan fingerprint density at radius 1 is 1.17 bits per heavy atom. The number of amides is 1. The number of nitrogens with zero attached hydrogens (tertiary/aromatic N) is 3. The quantitative estimate of drug-likeness (QED) is 0.502. The fraction of sp³-hybridized carbons (Fsp3) is 0.182. The van der Waals surface area contributed by atoms with Crippen LogP contribution in [0.15, 0.2) is 58.7 Å². The minimum atomic E-state index is -0.271. The molecule has 0 unspecified atom stereocenters. The summed E-state index contributed by atoms with van der Waals surface area (Å²) in [5.74, 6) is 0.492. The van der Waals surface area contributed by atoms with Crippen LogP contribution >= 0.6 is 11.3 Å². The maximum atomic E-state index is 12.8. The fourth-order valence-electron chi connectivity index (χ4n) is 3.01. The van der Waals surface area contributed by atoms with E-state index in [1.54, 1.807) is 23.5 Å². The van der Waals surface area contributed by atoms with E-state index in [1.807, 2.05) is 56.5 Å². The minimum Gasteiger partial charge on any atom is -0.306 e. The van der Waals surface area contributed by atoms with Gasteiger partial charge in [0.1, 0.15) is 11.5 Å². The van der Waals surface area contributed by atoms with Gasteiger partial charge >= 0.3 is 0 Å². The predicted octanol–water partition coefficient (Wildman–Crippen LogP) is 4.37. The number of H-pyrrole nitrogens is 1. The smallest absolute Gasteiger partial charge is 0.256 e. The monoisotopic (exact) mass is 419 g/mol. The van der Waals surface area contributed by atoms with Crippen molar-refractivity contribution in [1.29, 1.82) is 0 Å². The maximum absolute atomic E-state index is 12.8. The molecule has 7 nitrogen and oxygen atoms in total. The van der Waals surface area contributed by atoms with Crippen LogP contribution in [0.4, 0.5) is 5.82 Å². The van der Waals surface area contributed by atoms with Gasteiger partial charge in [0.25, 0.3) is 11.5 Å². The van der Waals surface area contributed by atoms with Gasteiger partial charge in [-0.05, 0) is 36.4 Å². The van der Waals surface area contributed by atoms with Gasteiger partial charge in [0.05, 0.1) is 10.6 Å². The van der Waals surface area contributed by atoms with Crippen LogP contribution in [-0.4, -0.2) is 25.7 Å². The molecule has 0 aliphatic heterocycles. The zero-order valence-corrected chi connectivity index (χ0v) is 17.7. The molecule has 8 heteroatoms. The first-order valence-corrected chi connectivity index (χ1v) is 10.4. The molecule has 2 N–H and O–H groups in total. The summed E-state index contributed by atoms with van der Waals surface area (Å²) in [5, 5.41) is 9.47. The summed E-state index contributed by atoms with van der Waals surface area (Å²) in [4.78, 5) is 33.3. The SMILES string of the molecule is Cc1cccc(C(=O)Nc2cc(-c3cccs3)nn2-c2nc(C(C)C)cc(=O)[nH]2)c1. The molecule has 152 valence electrons. The topological polar surface area (TPSA) is 92.7 Å².